The summed E-state index contributed by atoms with van der Waals surface area (Å²) in [5, 5.41) is 0. The Labute approximate surface area is 211 Å². The molecule has 11 heteroatoms. The van der Waals surface area contributed by atoms with Crippen LogP contribution in [0.2, 0.25) is 0 Å². The SMILES string of the molecule is CCN(c1ccccc1)S(=O)(=O)c1ccc(C(=O)N=c2sc3cc(F)cc(F)c3n2CCOC)cc1. The molecule has 0 radical (unpaired) electrons. The van der Waals surface area contributed by atoms with Crippen molar-refractivity contribution in [3.8, 4) is 0 Å². The molecule has 0 unspecified atom stereocenters. The molecular weight excluding hydrogens is 508 g/mol. The molecule has 4 rings (SSSR count). The van der Waals surface area contributed by atoms with Crippen LogP contribution >= 0.6 is 11.3 Å². The molecule has 0 fully saturated rings. The molecule has 7 nitrogen and oxygen atoms in total. The van der Waals surface area contributed by atoms with Gasteiger partial charge in [-0.15, -0.1) is 0 Å². The first-order valence-electron chi connectivity index (χ1n) is 11.0. The molecule has 0 N–H and O–H groups in total. The molecule has 1 heterocycles. The van der Waals surface area contributed by atoms with Crippen LogP contribution in [0.3, 0.4) is 0 Å². The van der Waals surface area contributed by atoms with Gasteiger partial charge in [-0.2, -0.15) is 4.99 Å². The fourth-order valence-corrected chi connectivity index (χ4v) is 6.31. The minimum absolute atomic E-state index is 0.0271. The van der Waals surface area contributed by atoms with Crippen molar-refractivity contribution < 1.29 is 26.7 Å². The predicted octanol–water partition coefficient (Wildman–Crippen LogP) is 4.58. The smallest absolute Gasteiger partial charge is 0.279 e. The average molecular weight is 532 g/mol. The highest BCUT2D eigenvalue weighted by Gasteiger charge is 2.24. The second-order valence-electron chi connectivity index (χ2n) is 7.71. The normalized spacial score (nSPS) is 12.3. The first-order chi connectivity index (χ1) is 17.3. The largest absolute Gasteiger partial charge is 0.383 e. The molecule has 0 bridgehead atoms. The van der Waals surface area contributed by atoms with Crippen molar-refractivity contribution in [3.63, 3.8) is 0 Å². The topological polar surface area (TPSA) is 81.0 Å². The Hall–Kier alpha value is -3.41. The van der Waals surface area contributed by atoms with E-state index in [0.717, 1.165) is 17.4 Å². The van der Waals surface area contributed by atoms with Crippen LogP contribution in [0.1, 0.15) is 17.3 Å². The lowest BCUT2D eigenvalue weighted by Gasteiger charge is -2.22. The number of fused-ring (bicyclic) bond motifs is 1. The summed E-state index contributed by atoms with van der Waals surface area (Å²) in [4.78, 5) is 17.2. The highest BCUT2D eigenvalue weighted by molar-refractivity contribution is 7.92. The van der Waals surface area contributed by atoms with Crippen molar-refractivity contribution in [1.82, 2.24) is 4.57 Å². The van der Waals surface area contributed by atoms with E-state index < -0.39 is 27.6 Å². The van der Waals surface area contributed by atoms with Gasteiger partial charge in [0.15, 0.2) is 10.6 Å². The summed E-state index contributed by atoms with van der Waals surface area (Å²) in [5.41, 5.74) is 0.815. The lowest BCUT2D eigenvalue weighted by atomic mass is 10.2. The third-order valence-corrected chi connectivity index (χ3v) is 8.37. The van der Waals surface area contributed by atoms with Crippen LogP contribution in [0.25, 0.3) is 10.2 Å². The number of halogens is 2. The molecule has 0 aliphatic rings. The van der Waals surface area contributed by atoms with E-state index in [1.807, 2.05) is 0 Å². The minimum atomic E-state index is -3.85. The van der Waals surface area contributed by atoms with E-state index in [0.29, 0.717) is 10.4 Å². The summed E-state index contributed by atoms with van der Waals surface area (Å²) < 4.78 is 62.7. The highest BCUT2D eigenvalue weighted by Crippen LogP contribution is 2.24. The van der Waals surface area contributed by atoms with Gasteiger partial charge in [0.05, 0.1) is 27.4 Å². The number of thiazole rings is 1. The minimum Gasteiger partial charge on any atom is -0.383 e. The summed E-state index contributed by atoms with van der Waals surface area (Å²) in [6.45, 7) is 2.40. The molecule has 0 atom stereocenters. The van der Waals surface area contributed by atoms with Crippen LogP contribution in [-0.4, -0.2) is 39.2 Å². The molecule has 0 aliphatic heterocycles. The van der Waals surface area contributed by atoms with Gasteiger partial charge in [0.25, 0.3) is 15.9 Å². The Bertz CT molecular complexity index is 1560. The molecule has 0 aliphatic carbocycles. The summed E-state index contributed by atoms with van der Waals surface area (Å²) >= 11 is 0.975. The van der Waals surface area contributed by atoms with Gasteiger partial charge < -0.3 is 9.30 Å². The van der Waals surface area contributed by atoms with Crippen LogP contribution < -0.4 is 9.11 Å². The van der Waals surface area contributed by atoms with Crippen molar-refractivity contribution in [3.05, 3.63) is 88.7 Å². The van der Waals surface area contributed by atoms with E-state index in [1.165, 1.54) is 46.3 Å². The highest BCUT2D eigenvalue weighted by atomic mass is 32.2. The van der Waals surface area contributed by atoms with Crippen LogP contribution in [0, 0.1) is 11.6 Å². The van der Waals surface area contributed by atoms with E-state index in [9.17, 15) is 22.0 Å². The average Bonchev–Trinajstić information content (AvgIpc) is 3.20. The van der Waals surface area contributed by atoms with Gasteiger partial charge in [0, 0.05) is 31.8 Å². The Balaban J connectivity index is 1.69. The lowest BCUT2D eigenvalue weighted by Crippen LogP contribution is -2.30. The number of carbonyl (C=O) groups excluding carboxylic acids is 1. The van der Waals surface area contributed by atoms with Crippen molar-refractivity contribution in [2.24, 2.45) is 4.99 Å². The van der Waals surface area contributed by atoms with E-state index in [1.54, 1.807) is 37.3 Å². The molecule has 1 aromatic heterocycles. The number of nitrogens with zero attached hydrogens (tertiary/aromatic N) is 3. The molecule has 0 saturated carbocycles. The van der Waals surface area contributed by atoms with Crippen LogP contribution in [0.5, 0.6) is 0 Å². The molecule has 0 spiro atoms. The first-order valence-corrected chi connectivity index (χ1v) is 13.3. The summed E-state index contributed by atoms with van der Waals surface area (Å²) in [7, 11) is -2.36. The number of methoxy groups -OCH3 is 1. The fraction of sp³-hybridized carbons (Fsp3) is 0.200. The van der Waals surface area contributed by atoms with Crippen molar-refractivity contribution in [1.29, 1.82) is 0 Å². The van der Waals surface area contributed by atoms with Crippen LogP contribution in [-0.2, 0) is 21.3 Å². The van der Waals surface area contributed by atoms with E-state index in [4.69, 9.17) is 4.74 Å². The van der Waals surface area contributed by atoms with Gasteiger partial charge in [-0.25, -0.2) is 17.2 Å². The van der Waals surface area contributed by atoms with E-state index in [-0.39, 0.29) is 40.5 Å². The molecule has 1 amide bonds. The van der Waals surface area contributed by atoms with Gasteiger partial charge in [-0.3, -0.25) is 9.10 Å². The second kappa shape index (κ2) is 10.7. The molecule has 3 aromatic carbocycles. The number of sulfonamides is 1. The van der Waals surface area contributed by atoms with E-state index in [2.05, 4.69) is 4.99 Å². The van der Waals surface area contributed by atoms with Crippen molar-refractivity contribution in [2.45, 2.75) is 18.4 Å². The van der Waals surface area contributed by atoms with Gasteiger partial charge >= 0.3 is 0 Å². The van der Waals surface area contributed by atoms with Gasteiger partial charge in [0.2, 0.25) is 0 Å². The number of amides is 1. The molecule has 0 saturated heterocycles. The monoisotopic (exact) mass is 531 g/mol. The lowest BCUT2D eigenvalue weighted by molar-refractivity contribution is 0.0997. The summed E-state index contributed by atoms with van der Waals surface area (Å²) in [6, 6.07) is 16.1. The van der Waals surface area contributed by atoms with Crippen LogP contribution in [0.4, 0.5) is 14.5 Å². The van der Waals surface area contributed by atoms with Crippen molar-refractivity contribution >= 4 is 43.2 Å². The standard InChI is InChI=1S/C25H23F2N3O4S2/c1-3-30(19-7-5-4-6-8-19)36(32,33)20-11-9-17(10-12-20)24(31)28-25-29(13-14-34-2)23-21(27)15-18(26)16-22(23)35-25/h4-12,15-16H,3,13-14H2,1-2H3. The Morgan fingerprint density at radius 2 is 1.78 bits per heavy atom. The number of hydrogen-bond donors (Lipinski definition) is 0. The van der Waals surface area contributed by atoms with Crippen molar-refractivity contribution in [2.75, 3.05) is 24.6 Å². The molecule has 188 valence electrons. The number of hydrogen-bond acceptors (Lipinski definition) is 5. The third kappa shape index (κ3) is 5.08. The quantitative estimate of drug-likeness (QED) is 0.333. The zero-order chi connectivity index (χ0) is 25.9. The number of para-hydroxylation sites is 1. The number of carbonyl (C=O) groups is 1. The van der Waals surface area contributed by atoms with Gasteiger partial charge in [-0.05, 0) is 49.4 Å². The van der Waals surface area contributed by atoms with Crippen LogP contribution in [0.15, 0.2) is 76.6 Å². The van der Waals surface area contributed by atoms with E-state index >= 15 is 0 Å². The summed E-state index contributed by atoms with van der Waals surface area (Å²) in [5.74, 6) is -2.14. The zero-order valence-corrected chi connectivity index (χ0v) is 21.2. The maximum Gasteiger partial charge on any atom is 0.279 e. The first kappa shape index (κ1) is 25.7. The number of aromatic nitrogens is 1. The predicted molar refractivity (Wildman–Crippen MR) is 135 cm³/mol. The number of anilines is 1. The fourth-order valence-electron chi connectivity index (χ4n) is 3.74. The molecule has 36 heavy (non-hydrogen) atoms. The Morgan fingerprint density at radius 1 is 1.08 bits per heavy atom. The number of benzene rings is 3. The van der Waals surface area contributed by atoms with Gasteiger partial charge in [-0.1, -0.05) is 29.5 Å². The molecular formula is C25H23F2N3O4S2. The zero-order valence-electron chi connectivity index (χ0n) is 19.5. The summed E-state index contributed by atoms with van der Waals surface area (Å²) in [6.07, 6.45) is 0. The third-order valence-electron chi connectivity index (χ3n) is 5.43. The Morgan fingerprint density at radius 3 is 2.42 bits per heavy atom. The maximum absolute atomic E-state index is 14.5. The number of rotatable bonds is 8. The maximum atomic E-state index is 14.5. The second-order valence-corrected chi connectivity index (χ2v) is 10.6. The molecule has 4 aromatic rings. The van der Waals surface area contributed by atoms with Gasteiger partial charge in [0.1, 0.15) is 5.82 Å². The Kier molecular flexibility index (Phi) is 7.62. The number of ether oxygens (including phenoxy) is 1.